The van der Waals surface area contributed by atoms with Gasteiger partial charge in [-0.1, -0.05) is 43.2 Å². The van der Waals surface area contributed by atoms with Gasteiger partial charge in [0.05, 0.1) is 5.75 Å². The van der Waals surface area contributed by atoms with Gasteiger partial charge in [0, 0.05) is 19.0 Å². The molecule has 0 aromatic heterocycles. The molecule has 2 atom stereocenters. The molecule has 1 saturated carbocycles. The van der Waals surface area contributed by atoms with E-state index in [1.165, 1.54) is 18.4 Å². The number of sulfonamides is 1. The Bertz CT molecular complexity index is 582. The fourth-order valence-corrected chi connectivity index (χ4v) is 5.90. The molecule has 1 saturated heterocycles. The Morgan fingerprint density at radius 1 is 1.09 bits per heavy atom. The molecule has 122 valence electrons. The highest BCUT2D eigenvalue weighted by Gasteiger charge is 2.39. The molecule has 22 heavy (non-hydrogen) atoms. The van der Waals surface area contributed by atoms with Gasteiger partial charge in [-0.15, -0.1) is 0 Å². The fraction of sp³-hybridized carbons (Fsp3) is 0.647. The van der Waals surface area contributed by atoms with Gasteiger partial charge < -0.3 is 5.73 Å². The highest BCUT2D eigenvalue weighted by molar-refractivity contribution is 7.89. The van der Waals surface area contributed by atoms with Gasteiger partial charge in [0.2, 0.25) is 10.0 Å². The molecule has 1 aromatic rings. The predicted octanol–water partition coefficient (Wildman–Crippen LogP) is 2.18. The van der Waals surface area contributed by atoms with Crippen LogP contribution in [0.3, 0.4) is 0 Å². The summed E-state index contributed by atoms with van der Waals surface area (Å²) in [5.41, 5.74) is 7.11. The van der Waals surface area contributed by atoms with Crippen molar-refractivity contribution in [1.29, 1.82) is 0 Å². The molecule has 0 unspecified atom stereocenters. The molecule has 1 heterocycles. The SMILES string of the molecule is NC[C@@H]1CN(S(=O)(=O)CC2CCCC2)C[C@H]1c1ccccc1. The Morgan fingerprint density at radius 2 is 1.77 bits per heavy atom. The lowest BCUT2D eigenvalue weighted by molar-refractivity contribution is 0.448. The van der Waals surface area contributed by atoms with Crippen LogP contribution in [0.2, 0.25) is 0 Å². The van der Waals surface area contributed by atoms with E-state index in [1.807, 2.05) is 18.2 Å². The molecule has 0 bridgehead atoms. The van der Waals surface area contributed by atoms with Crippen molar-refractivity contribution in [2.45, 2.75) is 31.6 Å². The molecule has 2 aliphatic rings. The van der Waals surface area contributed by atoms with Crippen molar-refractivity contribution < 1.29 is 8.42 Å². The van der Waals surface area contributed by atoms with E-state index in [-0.39, 0.29) is 11.8 Å². The van der Waals surface area contributed by atoms with Crippen LogP contribution in [0.25, 0.3) is 0 Å². The van der Waals surface area contributed by atoms with Crippen LogP contribution < -0.4 is 5.73 Å². The zero-order chi connectivity index (χ0) is 15.6. The molecule has 3 rings (SSSR count). The Kier molecular flexibility index (Phi) is 4.85. The van der Waals surface area contributed by atoms with Crippen molar-refractivity contribution in [2.24, 2.45) is 17.6 Å². The van der Waals surface area contributed by atoms with Crippen LogP contribution in [0, 0.1) is 11.8 Å². The van der Waals surface area contributed by atoms with E-state index in [1.54, 1.807) is 4.31 Å². The summed E-state index contributed by atoms with van der Waals surface area (Å²) in [6, 6.07) is 10.2. The average molecular weight is 322 g/mol. The van der Waals surface area contributed by atoms with Crippen LogP contribution in [-0.4, -0.2) is 38.1 Å². The molecule has 1 aromatic carbocycles. The first-order chi connectivity index (χ1) is 10.6. The zero-order valence-corrected chi connectivity index (χ0v) is 13.8. The van der Waals surface area contributed by atoms with E-state index in [2.05, 4.69) is 12.1 Å². The van der Waals surface area contributed by atoms with Crippen molar-refractivity contribution in [2.75, 3.05) is 25.4 Å². The summed E-state index contributed by atoms with van der Waals surface area (Å²) in [6.07, 6.45) is 4.49. The summed E-state index contributed by atoms with van der Waals surface area (Å²) in [6.45, 7) is 1.70. The van der Waals surface area contributed by atoms with Crippen LogP contribution >= 0.6 is 0 Å². The highest BCUT2D eigenvalue weighted by atomic mass is 32.2. The van der Waals surface area contributed by atoms with Crippen LogP contribution in [0.5, 0.6) is 0 Å². The number of hydrogen-bond donors (Lipinski definition) is 1. The standard InChI is InChI=1S/C17H26N2O2S/c18-10-16-11-19(12-17(16)15-8-2-1-3-9-15)22(20,21)13-14-6-4-5-7-14/h1-3,8-9,14,16-17H,4-7,10-13,18H2/t16-,17+/m1/s1. The maximum atomic E-state index is 12.7. The van der Waals surface area contributed by atoms with E-state index in [4.69, 9.17) is 5.73 Å². The first kappa shape index (κ1) is 16.0. The predicted molar refractivity (Wildman–Crippen MR) is 89.0 cm³/mol. The summed E-state index contributed by atoms with van der Waals surface area (Å²) >= 11 is 0. The first-order valence-electron chi connectivity index (χ1n) is 8.33. The molecule has 1 aliphatic heterocycles. The lowest BCUT2D eigenvalue weighted by Gasteiger charge is -2.19. The molecular weight excluding hydrogens is 296 g/mol. The molecule has 1 aliphatic carbocycles. The third kappa shape index (κ3) is 3.36. The summed E-state index contributed by atoms with van der Waals surface area (Å²) in [4.78, 5) is 0. The van der Waals surface area contributed by atoms with Gasteiger partial charge in [0.25, 0.3) is 0 Å². The van der Waals surface area contributed by atoms with Gasteiger partial charge in [-0.25, -0.2) is 12.7 Å². The normalized spacial score (nSPS) is 27.5. The lowest BCUT2D eigenvalue weighted by Crippen LogP contribution is -2.33. The highest BCUT2D eigenvalue weighted by Crippen LogP contribution is 2.35. The molecule has 0 spiro atoms. The van der Waals surface area contributed by atoms with E-state index in [0.29, 0.717) is 31.3 Å². The van der Waals surface area contributed by atoms with Crippen LogP contribution in [0.15, 0.2) is 30.3 Å². The fourth-order valence-electron chi connectivity index (χ4n) is 3.96. The Labute approximate surface area is 133 Å². The first-order valence-corrected chi connectivity index (χ1v) is 9.94. The quantitative estimate of drug-likeness (QED) is 0.904. The second kappa shape index (κ2) is 6.69. The molecule has 5 heteroatoms. The topological polar surface area (TPSA) is 63.4 Å². The minimum absolute atomic E-state index is 0.223. The van der Waals surface area contributed by atoms with E-state index in [9.17, 15) is 8.42 Å². The van der Waals surface area contributed by atoms with Crippen molar-refractivity contribution >= 4 is 10.0 Å². The maximum Gasteiger partial charge on any atom is 0.214 e. The van der Waals surface area contributed by atoms with Crippen molar-refractivity contribution in [3.05, 3.63) is 35.9 Å². The summed E-state index contributed by atoms with van der Waals surface area (Å²) in [5, 5.41) is 0. The van der Waals surface area contributed by atoms with Gasteiger partial charge in [-0.05, 0) is 36.8 Å². The average Bonchev–Trinajstić information content (AvgIpc) is 3.16. The molecule has 0 amide bonds. The number of benzene rings is 1. The van der Waals surface area contributed by atoms with Crippen LogP contribution in [0.4, 0.5) is 0 Å². The van der Waals surface area contributed by atoms with Crippen molar-refractivity contribution in [3.63, 3.8) is 0 Å². The maximum absolute atomic E-state index is 12.7. The summed E-state index contributed by atoms with van der Waals surface area (Å²) in [5.74, 6) is 1.13. The van der Waals surface area contributed by atoms with Crippen LogP contribution in [0.1, 0.15) is 37.2 Å². The van der Waals surface area contributed by atoms with E-state index < -0.39 is 10.0 Å². The molecule has 2 N–H and O–H groups in total. The van der Waals surface area contributed by atoms with Gasteiger partial charge in [0.1, 0.15) is 0 Å². The van der Waals surface area contributed by atoms with Gasteiger partial charge >= 0.3 is 0 Å². The second-order valence-electron chi connectivity index (χ2n) is 6.76. The van der Waals surface area contributed by atoms with E-state index >= 15 is 0 Å². The molecule has 4 nitrogen and oxygen atoms in total. The Hall–Kier alpha value is -0.910. The van der Waals surface area contributed by atoms with Gasteiger partial charge in [-0.2, -0.15) is 0 Å². The molecule has 2 fully saturated rings. The third-order valence-electron chi connectivity index (χ3n) is 5.25. The monoisotopic (exact) mass is 322 g/mol. The smallest absolute Gasteiger partial charge is 0.214 e. The number of hydrogen-bond acceptors (Lipinski definition) is 3. The van der Waals surface area contributed by atoms with Crippen molar-refractivity contribution in [3.8, 4) is 0 Å². The number of nitrogens with zero attached hydrogens (tertiary/aromatic N) is 1. The summed E-state index contributed by atoms with van der Waals surface area (Å²) in [7, 11) is -3.15. The Morgan fingerprint density at radius 3 is 2.41 bits per heavy atom. The van der Waals surface area contributed by atoms with Gasteiger partial charge in [-0.3, -0.25) is 0 Å². The molecule has 0 radical (unpaired) electrons. The minimum atomic E-state index is -3.15. The largest absolute Gasteiger partial charge is 0.330 e. The minimum Gasteiger partial charge on any atom is -0.330 e. The number of rotatable bonds is 5. The summed E-state index contributed by atoms with van der Waals surface area (Å²) < 4.78 is 27.1. The second-order valence-corrected chi connectivity index (χ2v) is 8.77. The van der Waals surface area contributed by atoms with Crippen molar-refractivity contribution in [1.82, 2.24) is 4.31 Å². The number of nitrogens with two attached hydrogens (primary N) is 1. The lowest BCUT2D eigenvalue weighted by atomic mass is 9.89. The molecular formula is C17H26N2O2S. The van der Waals surface area contributed by atoms with Crippen LogP contribution in [-0.2, 0) is 10.0 Å². The third-order valence-corrected chi connectivity index (χ3v) is 7.23. The zero-order valence-electron chi connectivity index (χ0n) is 13.0. The van der Waals surface area contributed by atoms with Gasteiger partial charge in [0.15, 0.2) is 0 Å². The van der Waals surface area contributed by atoms with E-state index in [0.717, 1.165) is 12.8 Å². The Balaban J connectivity index is 1.73.